The average molecular weight is 263 g/mol. The Morgan fingerprint density at radius 1 is 1.27 bits per heavy atom. The van der Waals surface area contributed by atoms with Gasteiger partial charge in [-0.15, -0.1) is 0 Å². The van der Waals surface area contributed by atoms with Gasteiger partial charge < -0.3 is 0 Å². The fourth-order valence-electron chi connectivity index (χ4n) is 1.04. The molecule has 0 aromatic heterocycles. The first-order valence-corrected chi connectivity index (χ1v) is 7.13. The average Bonchev–Trinajstić information content (AvgIpc) is 2.29. The van der Waals surface area contributed by atoms with Crippen molar-refractivity contribution < 1.29 is 0 Å². The van der Waals surface area contributed by atoms with E-state index < -0.39 is 0 Å². The Bertz CT molecular complexity index is 341. The first-order chi connectivity index (χ1) is 7.43. The van der Waals surface area contributed by atoms with Gasteiger partial charge in [0.15, 0.2) is 0 Å². The van der Waals surface area contributed by atoms with Gasteiger partial charge in [0.05, 0.1) is 0 Å². The molecule has 0 saturated heterocycles. The Kier molecular flexibility index (Phi) is 6.75. The van der Waals surface area contributed by atoms with Gasteiger partial charge in [-0.3, -0.25) is 0 Å². The number of benzene rings is 1. The third-order valence-corrected chi connectivity index (χ3v) is 3.57. The van der Waals surface area contributed by atoms with Crippen molar-refractivity contribution in [3.8, 4) is 11.8 Å². The van der Waals surface area contributed by atoms with Gasteiger partial charge in [-0.25, -0.2) is 0 Å². The second-order valence-corrected chi connectivity index (χ2v) is 5.21. The third kappa shape index (κ3) is 6.18. The van der Waals surface area contributed by atoms with E-state index >= 15 is 0 Å². The Labute approximate surface area is 98.9 Å². The molecule has 0 nitrogen and oxygen atoms in total. The molecule has 0 amide bonds. The van der Waals surface area contributed by atoms with Crippen LogP contribution >= 0.6 is 0 Å². The summed E-state index contributed by atoms with van der Waals surface area (Å²) in [6.45, 7) is 2.19. The maximum atomic E-state index is 3.15. The summed E-state index contributed by atoms with van der Waals surface area (Å²) in [7, 11) is 0. The standard InChI is InChI=1S/C14H16Se/c1-2-3-4-5-6-10-13-15-14-11-8-7-9-12-14/h7-13H,2-4H2,1H3/b13-10+. The summed E-state index contributed by atoms with van der Waals surface area (Å²) in [5.41, 5.74) is 0. The molecule has 0 aliphatic carbocycles. The Balaban J connectivity index is 2.24. The van der Waals surface area contributed by atoms with E-state index in [1.54, 1.807) is 0 Å². The van der Waals surface area contributed by atoms with Crippen LogP contribution in [0.1, 0.15) is 26.2 Å². The van der Waals surface area contributed by atoms with Crippen molar-refractivity contribution in [1.82, 2.24) is 0 Å². The molecular formula is C14H16Se. The van der Waals surface area contributed by atoms with Crippen LogP contribution in [0.25, 0.3) is 0 Å². The molecule has 0 spiro atoms. The minimum atomic E-state index is 0.431. The van der Waals surface area contributed by atoms with Crippen molar-refractivity contribution in [2.75, 3.05) is 0 Å². The molecule has 0 heterocycles. The molecule has 1 aromatic rings. The Morgan fingerprint density at radius 3 is 2.80 bits per heavy atom. The van der Waals surface area contributed by atoms with Crippen molar-refractivity contribution >= 4 is 19.4 Å². The van der Waals surface area contributed by atoms with E-state index in [2.05, 4.69) is 48.0 Å². The molecule has 1 aromatic carbocycles. The summed E-state index contributed by atoms with van der Waals surface area (Å²) in [5, 5.41) is 0. The summed E-state index contributed by atoms with van der Waals surface area (Å²) >= 11 is 0.431. The van der Waals surface area contributed by atoms with E-state index in [0.717, 1.165) is 6.42 Å². The number of unbranched alkanes of at least 4 members (excludes halogenated alkanes) is 2. The molecule has 1 heteroatoms. The molecule has 1 rings (SSSR count). The predicted octanol–water partition coefficient (Wildman–Crippen LogP) is 2.72. The van der Waals surface area contributed by atoms with Crippen LogP contribution in [0, 0.1) is 11.8 Å². The third-order valence-electron chi connectivity index (χ3n) is 1.86. The first kappa shape index (κ1) is 12.1. The van der Waals surface area contributed by atoms with Crippen LogP contribution in [-0.2, 0) is 0 Å². The monoisotopic (exact) mass is 264 g/mol. The van der Waals surface area contributed by atoms with Crippen LogP contribution in [0.15, 0.2) is 41.4 Å². The van der Waals surface area contributed by atoms with Gasteiger partial charge >= 0.3 is 98.8 Å². The fourth-order valence-corrected chi connectivity index (χ4v) is 2.32. The van der Waals surface area contributed by atoms with Gasteiger partial charge in [0.2, 0.25) is 0 Å². The molecule has 0 aliphatic rings. The molecular weight excluding hydrogens is 247 g/mol. The molecule has 78 valence electrons. The molecule has 15 heavy (non-hydrogen) atoms. The molecule has 0 unspecified atom stereocenters. The van der Waals surface area contributed by atoms with Crippen molar-refractivity contribution in [3.63, 3.8) is 0 Å². The second-order valence-electron chi connectivity index (χ2n) is 3.16. The number of hydrogen-bond donors (Lipinski definition) is 0. The molecule has 0 radical (unpaired) electrons. The molecule has 0 bridgehead atoms. The molecule has 0 atom stereocenters. The maximum absolute atomic E-state index is 3.15. The van der Waals surface area contributed by atoms with Crippen LogP contribution < -0.4 is 4.46 Å². The zero-order chi connectivity index (χ0) is 10.8. The molecule has 0 saturated carbocycles. The number of rotatable bonds is 4. The Morgan fingerprint density at radius 2 is 2.07 bits per heavy atom. The first-order valence-electron chi connectivity index (χ1n) is 5.28. The van der Waals surface area contributed by atoms with E-state index in [1.807, 2.05) is 12.1 Å². The summed E-state index contributed by atoms with van der Waals surface area (Å²) in [6.07, 6.45) is 5.46. The van der Waals surface area contributed by atoms with Crippen LogP contribution in [0.2, 0.25) is 0 Å². The topological polar surface area (TPSA) is 0 Å². The zero-order valence-corrected chi connectivity index (χ0v) is 10.8. The SMILES string of the molecule is CCCCC#C/C=C/[Se]c1ccccc1. The summed E-state index contributed by atoms with van der Waals surface area (Å²) < 4.78 is 1.40. The van der Waals surface area contributed by atoms with Crippen molar-refractivity contribution in [3.05, 3.63) is 41.4 Å². The van der Waals surface area contributed by atoms with Gasteiger partial charge in [-0.2, -0.15) is 0 Å². The van der Waals surface area contributed by atoms with Gasteiger partial charge in [0.25, 0.3) is 0 Å². The normalized spacial score (nSPS) is 9.93. The van der Waals surface area contributed by atoms with Crippen LogP contribution in [0.4, 0.5) is 0 Å². The van der Waals surface area contributed by atoms with Crippen LogP contribution in [0.3, 0.4) is 0 Å². The van der Waals surface area contributed by atoms with Crippen molar-refractivity contribution in [1.29, 1.82) is 0 Å². The van der Waals surface area contributed by atoms with E-state index in [0.29, 0.717) is 15.0 Å². The predicted molar refractivity (Wildman–Crippen MR) is 68.3 cm³/mol. The second kappa shape index (κ2) is 8.36. The van der Waals surface area contributed by atoms with Crippen molar-refractivity contribution in [2.45, 2.75) is 26.2 Å². The summed E-state index contributed by atoms with van der Waals surface area (Å²) in [6, 6.07) is 10.5. The van der Waals surface area contributed by atoms with Gasteiger partial charge in [-0.05, 0) is 0 Å². The zero-order valence-electron chi connectivity index (χ0n) is 9.07. The number of allylic oxidation sites excluding steroid dienone is 1. The van der Waals surface area contributed by atoms with Gasteiger partial charge in [0, 0.05) is 0 Å². The van der Waals surface area contributed by atoms with E-state index in [1.165, 1.54) is 17.3 Å². The summed E-state index contributed by atoms with van der Waals surface area (Å²) in [4.78, 5) is 2.18. The molecule has 0 fully saturated rings. The van der Waals surface area contributed by atoms with Crippen molar-refractivity contribution in [2.24, 2.45) is 0 Å². The molecule has 0 aliphatic heterocycles. The number of hydrogen-bond acceptors (Lipinski definition) is 0. The van der Waals surface area contributed by atoms with Gasteiger partial charge in [-0.1, -0.05) is 0 Å². The Hall–Kier alpha value is -0.961. The van der Waals surface area contributed by atoms with E-state index in [-0.39, 0.29) is 0 Å². The van der Waals surface area contributed by atoms with E-state index in [4.69, 9.17) is 0 Å². The van der Waals surface area contributed by atoms with Crippen LogP contribution in [0.5, 0.6) is 0 Å². The fraction of sp³-hybridized carbons (Fsp3) is 0.286. The van der Waals surface area contributed by atoms with E-state index in [9.17, 15) is 0 Å². The molecule has 0 N–H and O–H groups in total. The minimum absolute atomic E-state index is 0.431. The van der Waals surface area contributed by atoms with Crippen LogP contribution in [-0.4, -0.2) is 15.0 Å². The quantitative estimate of drug-likeness (QED) is 0.445. The summed E-state index contributed by atoms with van der Waals surface area (Å²) in [5.74, 6) is 6.22. The van der Waals surface area contributed by atoms with Gasteiger partial charge in [0.1, 0.15) is 0 Å².